The molecular weight excluding hydrogens is 705 g/mol. The van der Waals surface area contributed by atoms with Gasteiger partial charge >= 0.3 is 0 Å². The molecule has 58 heavy (non-hydrogen) atoms. The highest BCUT2D eigenvalue weighted by Gasteiger charge is 2.17. The normalized spacial score (nSPS) is 11.4. The van der Waals surface area contributed by atoms with Crippen LogP contribution in [0.2, 0.25) is 0 Å². The molecule has 0 aliphatic heterocycles. The molecule has 8 aromatic carbocycles. The second kappa shape index (κ2) is 14.0. The number of para-hydroxylation sites is 1. The first-order valence-electron chi connectivity index (χ1n) is 19.6. The summed E-state index contributed by atoms with van der Waals surface area (Å²) in [7, 11) is 0. The summed E-state index contributed by atoms with van der Waals surface area (Å²) in [4.78, 5) is 20.6. The number of benzene rings is 8. The molecule has 270 valence electrons. The van der Waals surface area contributed by atoms with E-state index >= 15 is 0 Å². The van der Waals surface area contributed by atoms with Crippen molar-refractivity contribution < 1.29 is 0 Å². The van der Waals surface area contributed by atoms with Gasteiger partial charge in [0, 0.05) is 44.0 Å². The third-order valence-corrected chi connectivity index (χ3v) is 11.1. The van der Waals surface area contributed by atoms with Crippen molar-refractivity contribution in [3.05, 3.63) is 206 Å². The summed E-state index contributed by atoms with van der Waals surface area (Å²) in [6, 6.07) is 72.0. The Morgan fingerprint density at radius 2 is 0.793 bits per heavy atom. The SMILES string of the molecule is c1ccc(-c2cc(-c3ccc(-c4ccc(-c5nc6ccccc6c6ccc7nc(-c8ccccc8)ccc7c56)cc4)c4ccccc34)nc(-c3ccccc3)n2)cc1. The van der Waals surface area contributed by atoms with Crippen LogP contribution >= 0.6 is 0 Å². The van der Waals surface area contributed by atoms with Gasteiger partial charge in [-0.2, -0.15) is 0 Å². The highest BCUT2D eigenvalue weighted by Crippen LogP contribution is 2.40. The number of rotatable bonds is 6. The number of hydrogen-bond acceptors (Lipinski definition) is 4. The van der Waals surface area contributed by atoms with Crippen LogP contribution in [-0.2, 0) is 0 Å². The first-order valence-corrected chi connectivity index (χ1v) is 19.6. The lowest BCUT2D eigenvalue weighted by Gasteiger charge is -2.15. The molecule has 11 aromatic rings. The third kappa shape index (κ3) is 5.87. The van der Waals surface area contributed by atoms with E-state index in [2.05, 4.69) is 164 Å². The minimum Gasteiger partial charge on any atom is -0.248 e. The van der Waals surface area contributed by atoms with E-state index in [1.54, 1.807) is 0 Å². The molecule has 4 heteroatoms. The van der Waals surface area contributed by atoms with E-state index < -0.39 is 0 Å². The van der Waals surface area contributed by atoms with Crippen molar-refractivity contribution in [2.24, 2.45) is 0 Å². The summed E-state index contributed by atoms with van der Waals surface area (Å²) in [5, 5.41) is 6.80. The van der Waals surface area contributed by atoms with E-state index in [-0.39, 0.29) is 0 Å². The fourth-order valence-electron chi connectivity index (χ4n) is 8.28. The van der Waals surface area contributed by atoms with Gasteiger partial charge in [0.2, 0.25) is 0 Å². The zero-order chi connectivity index (χ0) is 38.4. The smallest absolute Gasteiger partial charge is 0.160 e. The monoisotopic (exact) mass is 738 g/mol. The maximum absolute atomic E-state index is 5.32. The first kappa shape index (κ1) is 33.5. The van der Waals surface area contributed by atoms with Gasteiger partial charge in [-0.1, -0.05) is 176 Å². The molecule has 0 N–H and O–H groups in total. The van der Waals surface area contributed by atoms with Gasteiger partial charge in [-0.25, -0.2) is 19.9 Å². The Morgan fingerprint density at radius 1 is 0.259 bits per heavy atom. The summed E-state index contributed by atoms with van der Waals surface area (Å²) < 4.78 is 0. The summed E-state index contributed by atoms with van der Waals surface area (Å²) in [5.74, 6) is 0.704. The molecular formula is C54H34N4. The molecule has 3 heterocycles. The van der Waals surface area contributed by atoms with Crippen LogP contribution in [0.3, 0.4) is 0 Å². The average molecular weight is 739 g/mol. The molecule has 4 nitrogen and oxygen atoms in total. The lowest BCUT2D eigenvalue weighted by atomic mass is 9.92. The molecule has 0 unspecified atom stereocenters. The molecule has 0 amide bonds. The van der Waals surface area contributed by atoms with E-state index in [1.807, 2.05) is 42.5 Å². The van der Waals surface area contributed by atoms with Crippen LogP contribution in [0.15, 0.2) is 206 Å². The van der Waals surface area contributed by atoms with Crippen molar-refractivity contribution in [2.75, 3.05) is 0 Å². The summed E-state index contributed by atoms with van der Waals surface area (Å²) in [6.45, 7) is 0. The van der Waals surface area contributed by atoms with Crippen LogP contribution in [0.25, 0.3) is 111 Å². The number of pyridine rings is 2. The Balaban J connectivity index is 1.03. The molecule has 0 atom stereocenters. The molecule has 0 bridgehead atoms. The zero-order valence-corrected chi connectivity index (χ0v) is 31.4. The fraction of sp³-hybridized carbons (Fsp3) is 0. The Morgan fingerprint density at radius 3 is 1.52 bits per heavy atom. The Hall–Kier alpha value is -7.82. The first-order chi connectivity index (χ1) is 28.7. The average Bonchev–Trinajstić information content (AvgIpc) is 3.31. The van der Waals surface area contributed by atoms with Crippen molar-refractivity contribution in [2.45, 2.75) is 0 Å². The zero-order valence-electron chi connectivity index (χ0n) is 31.4. The molecule has 11 rings (SSSR count). The second-order valence-corrected chi connectivity index (χ2v) is 14.6. The minimum atomic E-state index is 0.704. The summed E-state index contributed by atoms with van der Waals surface area (Å²) in [5.41, 5.74) is 13.2. The molecule has 0 aliphatic carbocycles. The van der Waals surface area contributed by atoms with Crippen LogP contribution < -0.4 is 0 Å². The number of nitrogens with zero attached hydrogens (tertiary/aromatic N) is 4. The topological polar surface area (TPSA) is 51.6 Å². The van der Waals surface area contributed by atoms with Gasteiger partial charge in [-0.3, -0.25) is 0 Å². The maximum atomic E-state index is 5.32. The number of aromatic nitrogens is 4. The van der Waals surface area contributed by atoms with Crippen LogP contribution in [0.4, 0.5) is 0 Å². The third-order valence-electron chi connectivity index (χ3n) is 11.1. The molecule has 0 aliphatic rings. The van der Waals surface area contributed by atoms with Gasteiger partial charge in [-0.15, -0.1) is 0 Å². The summed E-state index contributed by atoms with van der Waals surface area (Å²) in [6.07, 6.45) is 0. The van der Waals surface area contributed by atoms with Crippen molar-refractivity contribution in [1.29, 1.82) is 0 Å². The van der Waals surface area contributed by atoms with Gasteiger partial charge in [0.15, 0.2) is 5.82 Å². The molecule has 3 aromatic heterocycles. The molecule has 0 radical (unpaired) electrons. The van der Waals surface area contributed by atoms with Crippen LogP contribution in [0.5, 0.6) is 0 Å². The van der Waals surface area contributed by atoms with Gasteiger partial charge in [0.1, 0.15) is 0 Å². The number of hydrogen-bond donors (Lipinski definition) is 0. The predicted molar refractivity (Wildman–Crippen MR) is 240 cm³/mol. The lowest BCUT2D eigenvalue weighted by Crippen LogP contribution is -1.96. The Labute approximate surface area is 335 Å². The van der Waals surface area contributed by atoms with Crippen LogP contribution in [0, 0.1) is 0 Å². The minimum absolute atomic E-state index is 0.704. The van der Waals surface area contributed by atoms with Crippen molar-refractivity contribution in [3.63, 3.8) is 0 Å². The van der Waals surface area contributed by atoms with E-state index in [4.69, 9.17) is 19.9 Å². The van der Waals surface area contributed by atoms with Crippen molar-refractivity contribution in [1.82, 2.24) is 19.9 Å². The molecule has 0 saturated carbocycles. The standard InChI is InChI=1S/C54H34N4/c1-4-14-36(15-5-1)47-32-31-46-49(55-47)33-30-45-43-22-12-13-23-48(43)56-53(52(45)46)38-26-24-35(25-27-38)40-28-29-44(42-21-11-10-20-41(40)42)51-34-50(37-16-6-2-7-17-37)57-54(58-51)39-18-8-3-9-19-39/h1-34H. The fourth-order valence-corrected chi connectivity index (χ4v) is 8.28. The van der Waals surface area contributed by atoms with Gasteiger partial charge in [0.05, 0.1) is 33.8 Å². The quantitative estimate of drug-likeness (QED) is 0.159. The highest BCUT2D eigenvalue weighted by molar-refractivity contribution is 6.20. The number of fused-ring (bicyclic) bond motifs is 6. The largest absolute Gasteiger partial charge is 0.248 e. The van der Waals surface area contributed by atoms with Crippen LogP contribution in [0.1, 0.15) is 0 Å². The lowest BCUT2D eigenvalue weighted by molar-refractivity contribution is 1.18. The molecule has 0 saturated heterocycles. The van der Waals surface area contributed by atoms with E-state index in [0.717, 1.165) is 99.7 Å². The summed E-state index contributed by atoms with van der Waals surface area (Å²) >= 11 is 0. The van der Waals surface area contributed by atoms with Gasteiger partial charge < -0.3 is 0 Å². The van der Waals surface area contributed by atoms with Crippen LogP contribution in [-0.4, -0.2) is 19.9 Å². The predicted octanol–water partition coefficient (Wildman–Crippen LogP) is 13.9. The second-order valence-electron chi connectivity index (χ2n) is 14.6. The van der Waals surface area contributed by atoms with Gasteiger partial charge in [0.25, 0.3) is 0 Å². The molecule has 0 spiro atoms. The van der Waals surface area contributed by atoms with E-state index in [1.165, 1.54) is 5.39 Å². The van der Waals surface area contributed by atoms with E-state index in [9.17, 15) is 0 Å². The van der Waals surface area contributed by atoms with Crippen molar-refractivity contribution in [3.8, 4) is 67.5 Å². The van der Waals surface area contributed by atoms with E-state index in [0.29, 0.717) is 5.82 Å². The van der Waals surface area contributed by atoms with Gasteiger partial charge in [-0.05, 0) is 57.6 Å². The van der Waals surface area contributed by atoms with Crippen molar-refractivity contribution >= 4 is 43.4 Å². The Kier molecular flexibility index (Phi) is 8.11. The highest BCUT2D eigenvalue weighted by atomic mass is 14.9. The molecule has 0 fully saturated rings. The maximum Gasteiger partial charge on any atom is 0.160 e. The Bertz CT molecular complexity index is 3250.